The third-order valence-corrected chi connectivity index (χ3v) is 3.38. The average Bonchev–Trinajstić information content (AvgIpc) is 2.34. The summed E-state index contributed by atoms with van der Waals surface area (Å²) in [4.78, 5) is 0. The van der Waals surface area contributed by atoms with Crippen molar-refractivity contribution in [3.05, 3.63) is 0 Å². The molecule has 0 saturated carbocycles. The summed E-state index contributed by atoms with van der Waals surface area (Å²) in [7, 11) is 1.75. The van der Waals surface area contributed by atoms with E-state index in [0.29, 0.717) is 6.04 Å². The molecule has 0 aliphatic rings. The molecule has 0 saturated heterocycles. The molecule has 0 amide bonds. The first-order valence-corrected chi connectivity index (χ1v) is 7.38. The van der Waals surface area contributed by atoms with Gasteiger partial charge in [0.05, 0.1) is 12.2 Å². The Labute approximate surface area is 114 Å². The van der Waals surface area contributed by atoms with Crippen LogP contribution in [0.1, 0.15) is 59.8 Å². The normalized spacial score (nSPS) is 13.8. The van der Waals surface area contributed by atoms with Crippen LogP contribution in [0, 0.1) is 0 Å². The van der Waals surface area contributed by atoms with E-state index < -0.39 is 0 Å². The molecule has 0 aromatic rings. The predicted octanol–water partition coefficient (Wildman–Crippen LogP) is 3.38. The van der Waals surface area contributed by atoms with Crippen LogP contribution in [-0.4, -0.2) is 38.5 Å². The second-order valence-corrected chi connectivity index (χ2v) is 5.68. The minimum Gasteiger partial charge on any atom is -0.380 e. The van der Waals surface area contributed by atoms with Crippen LogP contribution in [-0.2, 0) is 9.47 Å². The highest BCUT2D eigenvalue weighted by molar-refractivity contribution is 4.66. The molecule has 0 aliphatic carbocycles. The Balaban J connectivity index is 3.29. The Morgan fingerprint density at radius 3 is 2.50 bits per heavy atom. The van der Waals surface area contributed by atoms with Crippen molar-refractivity contribution < 1.29 is 9.47 Å². The zero-order valence-electron chi connectivity index (χ0n) is 13.1. The van der Waals surface area contributed by atoms with Crippen LogP contribution >= 0.6 is 0 Å². The van der Waals surface area contributed by atoms with Gasteiger partial charge in [0.2, 0.25) is 0 Å². The van der Waals surface area contributed by atoms with E-state index in [9.17, 15) is 0 Å². The van der Waals surface area contributed by atoms with Gasteiger partial charge < -0.3 is 14.8 Å². The molecule has 0 bridgehead atoms. The van der Waals surface area contributed by atoms with Gasteiger partial charge >= 0.3 is 0 Å². The molecule has 110 valence electrons. The van der Waals surface area contributed by atoms with E-state index in [1.165, 1.54) is 25.7 Å². The molecule has 0 aromatic carbocycles. The van der Waals surface area contributed by atoms with E-state index in [-0.39, 0.29) is 5.60 Å². The van der Waals surface area contributed by atoms with Gasteiger partial charge in [-0.25, -0.2) is 0 Å². The zero-order valence-corrected chi connectivity index (χ0v) is 13.1. The first-order valence-electron chi connectivity index (χ1n) is 7.38. The van der Waals surface area contributed by atoms with Crippen molar-refractivity contribution in [3.63, 3.8) is 0 Å². The average molecular weight is 259 g/mol. The summed E-state index contributed by atoms with van der Waals surface area (Å²) in [5, 5.41) is 3.50. The minimum atomic E-state index is -0.0686. The minimum absolute atomic E-state index is 0.0686. The Bertz CT molecular complexity index is 183. The van der Waals surface area contributed by atoms with Crippen LogP contribution in [0.4, 0.5) is 0 Å². The van der Waals surface area contributed by atoms with E-state index in [1.807, 2.05) is 0 Å². The quantitative estimate of drug-likeness (QED) is 0.545. The van der Waals surface area contributed by atoms with E-state index in [1.54, 1.807) is 7.11 Å². The molecule has 1 unspecified atom stereocenters. The molecule has 0 aromatic heterocycles. The number of rotatable bonds is 12. The number of hydrogen-bond donors (Lipinski definition) is 1. The largest absolute Gasteiger partial charge is 0.380 e. The number of methoxy groups -OCH3 is 1. The summed E-state index contributed by atoms with van der Waals surface area (Å²) >= 11 is 0. The fourth-order valence-electron chi connectivity index (χ4n) is 1.70. The topological polar surface area (TPSA) is 30.5 Å². The molecule has 18 heavy (non-hydrogen) atoms. The third-order valence-electron chi connectivity index (χ3n) is 3.38. The molecular formula is C15H33NO2. The van der Waals surface area contributed by atoms with Crippen molar-refractivity contribution in [1.29, 1.82) is 0 Å². The molecule has 0 radical (unpaired) electrons. The van der Waals surface area contributed by atoms with Crippen LogP contribution in [0.25, 0.3) is 0 Å². The summed E-state index contributed by atoms with van der Waals surface area (Å²) < 4.78 is 10.9. The van der Waals surface area contributed by atoms with Crippen molar-refractivity contribution in [1.82, 2.24) is 5.32 Å². The van der Waals surface area contributed by atoms with E-state index in [4.69, 9.17) is 9.47 Å². The zero-order chi connectivity index (χ0) is 13.9. The van der Waals surface area contributed by atoms with Crippen molar-refractivity contribution in [2.75, 3.05) is 26.9 Å². The molecule has 0 heterocycles. The molecule has 1 N–H and O–H groups in total. The van der Waals surface area contributed by atoms with E-state index in [2.05, 4.69) is 33.0 Å². The highest BCUT2D eigenvalue weighted by Crippen LogP contribution is 2.12. The van der Waals surface area contributed by atoms with Gasteiger partial charge in [0.1, 0.15) is 0 Å². The van der Waals surface area contributed by atoms with Gasteiger partial charge in [-0.1, -0.05) is 26.2 Å². The Morgan fingerprint density at radius 2 is 1.89 bits per heavy atom. The monoisotopic (exact) mass is 259 g/mol. The van der Waals surface area contributed by atoms with Crippen molar-refractivity contribution in [2.45, 2.75) is 71.4 Å². The van der Waals surface area contributed by atoms with Gasteiger partial charge in [-0.3, -0.25) is 0 Å². The number of hydrogen-bond acceptors (Lipinski definition) is 3. The lowest BCUT2D eigenvalue weighted by Gasteiger charge is -2.22. The predicted molar refractivity (Wildman–Crippen MR) is 78.1 cm³/mol. The first-order chi connectivity index (χ1) is 8.52. The van der Waals surface area contributed by atoms with Crippen LogP contribution in [0.3, 0.4) is 0 Å². The number of nitrogens with one attached hydrogen (secondary N) is 1. The fourth-order valence-corrected chi connectivity index (χ4v) is 1.70. The molecule has 0 spiro atoms. The highest BCUT2D eigenvalue weighted by atomic mass is 16.5. The summed E-state index contributed by atoms with van der Waals surface area (Å²) in [6.45, 7) is 11.2. The van der Waals surface area contributed by atoms with Gasteiger partial charge in [-0.05, 0) is 33.6 Å². The summed E-state index contributed by atoms with van der Waals surface area (Å²) in [6, 6.07) is 0.607. The lowest BCUT2D eigenvalue weighted by Crippen LogP contribution is -2.30. The number of ether oxygens (including phenoxy) is 2. The first kappa shape index (κ1) is 17.9. The fraction of sp³-hybridized carbons (Fsp3) is 1.00. The van der Waals surface area contributed by atoms with Crippen molar-refractivity contribution in [2.24, 2.45) is 0 Å². The smallest absolute Gasteiger partial charge is 0.0644 e. The Hall–Kier alpha value is -0.120. The molecule has 3 heteroatoms. The van der Waals surface area contributed by atoms with Crippen LogP contribution in [0.15, 0.2) is 0 Å². The van der Waals surface area contributed by atoms with Crippen LogP contribution in [0.2, 0.25) is 0 Å². The van der Waals surface area contributed by atoms with Gasteiger partial charge in [0.15, 0.2) is 0 Å². The second kappa shape index (κ2) is 10.8. The Morgan fingerprint density at radius 1 is 1.17 bits per heavy atom. The molecular weight excluding hydrogens is 226 g/mol. The molecule has 0 rings (SSSR count). The SMILES string of the molecule is CCCCCC(C)NCCOCCC(C)(C)OC. The van der Waals surface area contributed by atoms with Gasteiger partial charge in [0, 0.05) is 26.3 Å². The maximum Gasteiger partial charge on any atom is 0.0644 e. The van der Waals surface area contributed by atoms with Crippen LogP contribution in [0.5, 0.6) is 0 Å². The van der Waals surface area contributed by atoms with Gasteiger partial charge in [-0.2, -0.15) is 0 Å². The summed E-state index contributed by atoms with van der Waals surface area (Å²) in [5.74, 6) is 0. The standard InChI is InChI=1S/C15H33NO2/c1-6-7-8-9-14(2)16-11-13-18-12-10-15(3,4)17-5/h14,16H,6-13H2,1-5H3. The van der Waals surface area contributed by atoms with Crippen molar-refractivity contribution >= 4 is 0 Å². The Kier molecular flexibility index (Phi) is 10.7. The molecule has 1 atom stereocenters. The maximum absolute atomic E-state index is 5.60. The lowest BCUT2D eigenvalue weighted by molar-refractivity contribution is -0.00950. The highest BCUT2D eigenvalue weighted by Gasteiger charge is 2.15. The van der Waals surface area contributed by atoms with Gasteiger partial charge in [-0.15, -0.1) is 0 Å². The van der Waals surface area contributed by atoms with Gasteiger partial charge in [0.25, 0.3) is 0 Å². The maximum atomic E-state index is 5.60. The molecule has 0 fully saturated rings. The van der Waals surface area contributed by atoms with E-state index in [0.717, 1.165) is 26.2 Å². The third kappa shape index (κ3) is 11.0. The molecule has 3 nitrogen and oxygen atoms in total. The summed E-state index contributed by atoms with van der Waals surface area (Å²) in [6.07, 6.45) is 6.17. The number of unbranched alkanes of at least 4 members (excludes halogenated alkanes) is 2. The second-order valence-electron chi connectivity index (χ2n) is 5.68. The van der Waals surface area contributed by atoms with E-state index >= 15 is 0 Å². The van der Waals surface area contributed by atoms with Crippen molar-refractivity contribution in [3.8, 4) is 0 Å². The summed E-state index contributed by atoms with van der Waals surface area (Å²) in [5.41, 5.74) is -0.0686. The lowest BCUT2D eigenvalue weighted by atomic mass is 10.1. The van der Waals surface area contributed by atoms with Crippen LogP contribution < -0.4 is 5.32 Å². The molecule has 0 aliphatic heterocycles.